The molecule has 0 aromatic heterocycles. The van der Waals surface area contributed by atoms with Gasteiger partial charge in [-0.05, 0) is 31.8 Å². The summed E-state index contributed by atoms with van der Waals surface area (Å²) in [4.78, 5) is 0. The largest absolute Gasteiger partial charge is 0.325 e. The van der Waals surface area contributed by atoms with Crippen molar-refractivity contribution < 1.29 is 0 Å². The zero-order valence-corrected chi connectivity index (χ0v) is 8.13. The molecule has 10 heavy (non-hydrogen) atoms. The van der Waals surface area contributed by atoms with Crippen LogP contribution in [0.25, 0.3) is 0 Å². The summed E-state index contributed by atoms with van der Waals surface area (Å²) in [5, 5.41) is 0. The SMILES string of the molecule is CCCC(C)(N)CCSC. The number of thioether (sulfide) groups is 1. The summed E-state index contributed by atoms with van der Waals surface area (Å²) in [5.41, 5.74) is 6.08. The highest BCUT2D eigenvalue weighted by atomic mass is 32.2. The minimum Gasteiger partial charge on any atom is -0.325 e. The molecule has 62 valence electrons. The van der Waals surface area contributed by atoms with Crippen molar-refractivity contribution in [1.82, 2.24) is 0 Å². The van der Waals surface area contributed by atoms with Crippen LogP contribution in [0, 0.1) is 0 Å². The third-order valence-corrected chi connectivity index (χ3v) is 2.31. The Bertz CT molecular complexity index is 81.3. The second-order valence-corrected chi connectivity index (χ2v) is 4.13. The van der Waals surface area contributed by atoms with Gasteiger partial charge in [-0.1, -0.05) is 13.3 Å². The van der Waals surface area contributed by atoms with Gasteiger partial charge in [0, 0.05) is 5.54 Å². The van der Waals surface area contributed by atoms with Crippen molar-refractivity contribution in [2.45, 2.75) is 38.6 Å². The maximum absolute atomic E-state index is 6.00. The predicted molar refractivity (Wildman–Crippen MR) is 50.5 cm³/mol. The molecule has 0 spiro atoms. The predicted octanol–water partition coefficient (Wildman–Crippen LogP) is 2.26. The van der Waals surface area contributed by atoms with Gasteiger partial charge in [-0.15, -0.1) is 0 Å². The first-order valence-corrected chi connectivity index (χ1v) is 5.29. The highest BCUT2D eigenvalue weighted by molar-refractivity contribution is 7.98. The fourth-order valence-electron chi connectivity index (χ4n) is 1.03. The molecule has 0 aliphatic carbocycles. The van der Waals surface area contributed by atoms with E-state index in [1.165, 1.54) is 12.2 Å². The molecule has 0 heterocycles. The van der Waals surface area contributed by atoms with Crippen molar-refractivity contribution in [3.8, 4) is 0 Å². The number of rotatable bonds is 5. The molecule has 0 amide bonds. The third kappa shape index (κ3) is 5.12. The molecule has 2 N–H and O–H groups in total. The molecule has 0 radical (unpaired) electrons. The number of hydrogen-bond acceptors (Lipinski definition) is 2. The summed E-state index contributed by atoms with van der Waals surface area (Å²) in [7, 11) is 0. The van der Waals surface area contributed by atoms with Gasteiger partial charge >= 0.3 is 0 Å². The highest BCUT2D eigenvalue weighted by Gasteiger charge is 2.15. The lowest BCUT2D eigenvalue weighted by Crippen LogP contribution is -2.36. The Labute approximate surface area is 68.8 Å². The van der Waals surface area contributed by atoms with E-state index in [-0.39, 0.29) is 5.54 Å². The zero-order valence-electron chi connectivity index (χ0n) is 7.31. The number of nitrogens with two attached hydrogens (primary N) is 1. The van der Waals surface area contributed by atoms with Crippen LogP contribution in [0.1, 0.15) is 33.1 Å². The maximum atomic E-state index is 6.00. The summed E-state index contributed by atoms with van der Waals surface area (Å²) >= 11 is 1.87. The molecule has 1 atom stereocenters. The molecular formula is C8H19NS. The van der Waals surface area contributed by atoms with Crippen LogP contribution in [0.5, 0.6) is 0 Å². The Balaban J connectivity index is 3.42. The lowest BCUT2D eigenvalue weighted by molar-refractivity contribution is 0.417. The van der Waals surface area contributed by atoms with E-state index in [2.05, 4.69) is 20.1 Å². The van der Waals surface area contributed by atoms with E-state index in [4.69, 9.17) is 5.73 Å². The average Bonchev–Trinajstić information content (AvgIpc) is 1.84. The Morgan fingerprint density at radius 3 is 2.40 bits per heavy atom. The highest BCUT2D eigenvalue weighted by Crippen LogP contribution is 2.15. The molecule has 1 unspecified atom stereocenters. The maximum Gasteiger partial charge on any atom is 0.0133 e. The topological polar surface area (TPSA) is 26.0 Å². The minimum absolute atomic E-state index is 0.0811. The van der Waals surface area contributed by atoms with Gasteiger partial charge in [0.2, 0.25) is 0 Å². The Morgan fingerprint density at radius 1 is 1.40 bits per heavy atom. The van der Waals surface area contributed by atoms with E-state index >= 15 is 0 Å². The summed E-state index contributed by atoms with van der Waals surface area (Å²) in [6.07, 6.45) is 5.61. The van der Waals surface area contributed by atoms with E-state index in [9.17, 15) is 0 Å². The van der Waals surface area contributed by atoms with Crippen LogP contribution in [0.4, 0.5) is 0 Å². The van der Waals surface area contributed by atoms with Crippen LogP contribution in [0.3, 0.4) is 0 Å². The first-order chi connectivity index (χ1) is 4.62. The van der Waals surface area contributed by atoms with Crippen molar-refractivity contribution >= 4 is 11.8 Å². The molecule has 0 saturated heterocycles. The number of hydrogen-bond donors (Lipinski definition) is 1. The Morgan fingerprint density at radius 2 is 2.00 bits per heavy atom. The molecule has 0 aromatic carbocycles. The summed E-state index contributed by atoms with van der Waals surface area (Å²) < 4.78 is 0. The quantitative estimate of drug-likeness (QED) is 0.669. The fourth-order valence-corrected chi connectivity index (χ4v) is 1.70. The second kappa shape index (κ2) is 5.03. The van der Waals surface area contributed by atoms with Crippen molar-refractivity contribution in [3.63, 3.8) is 0 Å². The van der Waals surface area contributed by atoms with Crippen LogP contribution in [0.2, 0.25) is 0 Å². The van der Waals surface area contributed by atoms with Crippen molar-refractivity contribution in [1.29, 1.82) is 0 Å². The van der Waals surface area contributed by atoms with E-state index < -0.39 is 0 Å². The van der Waals surface area contributed by atoms with E-state index in [1.54, 1.807) is 0 Å². The lowest BCUT2D eigenvalue weighted by Gasteiger charge is -2.23. The molecule has 0 aromatic rings. The van der Waals surface area contributed by atoms with Crippen LogP contribution in [-0.4, -0.2) is 17.5 Å². The van der Waals surface area contributed by atoms with Gasteiger partial charge in [-0.2, -0.15) is 11.8 Å². The van der Waals surface area contributed by atoms with E-state index in [0.29, 0.717) is 0 Å². The molecule has 0 saturated carbocycles. The molecule has 0 aliphatic rings. The van der Waals surface area contributed by atoms with E-state index in [1.807, 2.05) is 11.8 Å². The Hall–Kier alpha value is 0.310. The molecule has 0 fully saturated rings. The second-order valence-electron chi connectivity index (χ2n) is 3.15. The van der Waals surface area contributed by atoms with Gasteiger partial charge in [0.05, 0.1) is 0 Å². The molecule has 0 aliphatic heterocycles. The van der Waals surface area contributed by atoms with Crippen LogP contribution in [0.15, 0.2) is 0 Å². The molecule has 0 bridgehead atoms. The first kappa shape index (κ1) is 10.3. The molecular weight excluding hydrogens is 142 g/mol. The summed E-state index contributed by atoms with van der Waals surface area (Å²) in [6.45, 7) is 4.33. The molecule has 2 heteroatoms. The van der Waals surface area contributed by atoms with Gasteiger partial charge in [-0.25, -0.2) is 0 Å². The third-order valence-electron chi connectivity index (χ3n) is 1.70. The molecule has 0 rings (SSSR count). The van der Waals surface area contributed by atoms with Crippen molar-refractivity contribution in [3.05, 3.63) is 0 Å². The Kier molecular flexibility index (Phi) is 5.18. The normalized spacial score (nSPS) is 16.8. The van der Waals surface area contributed by atoms with Crippen LogP contribution in [-0.2, 0) is 0 Å². The summed E-state index contributed by atoms with van der Waals surface area (Å²) in [6, 6.07) is 0. The zero-order chi connectivity index (χ0) is 8.04. The van der Waals surface area contributed by atoms with E-state index in [0.717, 1.165) is 12.8 Å². The lowest BCUT2D eigenvalue weighted by atomic mass is 9.95. The van der Waals surface area contributed by atoms with Gasteiger partial charge < -0.3 is 5.73 Å². The minimum atomic E-state index is 0.0811. The average molecular weight is 161 g/mol. The monoisotopic (exact) mass is 161 g/mol. The van der Waals surface area contributed by atoms with Crippen molar-refractivity contribution in [2.75, 3.05) is 12.0 Å². The fraction of sp³-hybridized carbons (Fsp3) is 1.00. The smallest absolute Gasteiger partial charge is 0.0133 e. The van der Waals surface area contributed by atoms with Gasteiger partial charge in [0.15, 0.2) is 0 Å². The van der Waals surface area contributed by atoms with Gasteiger partial charge in [0.1, 0.15) is 0 Å². The first-order valence-electron chi connectivity index (χ1n) is 3.90. The molecule has 1 nitrogen and oxygen atoms in total. The van der Waals surface area contributed by atoms with Crippen LogP contribution < -0.4 is 5.73 Å². The standard InChI is InChI=1S/C8H19NS/c1-4-5-8(2,9)6-7-10-3/h4-7,9H2,1-3H3. The van der Waals surface area contributed by atoms with Crippen molar-refractivity contribution in [2.24, 2.45) is 5.73 Å². The van der Waals surface area contributed by atoms with Gasteiger partial charge in [-0.3, -0.25) is 0 Å². The summed E-state index contributed by atoms with van der Waals surface area (Å²) in [5.74, 6) is 1.19. The van der Waals surface area contributed by atoms with Gasteiger partial charge in [0.25, 0.3) is 0 Å². The van der Waals surface area contributed by atoms with Crippen LogP contribution >= 0.6 is 11.8 Å².